The van der Waals surface area contributed by atoms with E-state index in [1.54, 1.807) is 0 Å². The van der Waals surface area contributed by atoms with Crippen LogP contribution in [-0.2, 0) is 11.3 Å². The van der Waals surface area contributed by atoms with Crippen LogP contribution in [0.1, 0.15) is 31.1 Å². The van der Waals surface area contributed by atoms with Crippen molar-refractivity contribution in [2.45, 2.75) is 26.5 Å². The number of hydrogen-bond donors (Lipinski definition) is 1. The van der Waals surface area contributed by atoms with Gasteiger partial charge in [-0.15, -0.1) is 0 Å². The molecule has 0 saturated carbocycles. The maximum Gasteiger partial charge on any atom is 0.0898 e. The third kappa shape index (κ3) is 1.56. The van der Waals surface area contributed by atoms with Crippen molar-refractivity contribution in [1.29, 1.82) is 0 Å². The molecule has 1 aliphatic heterocycles. The highest BCUT2D eigenvalue weighted by atomic mass is 16.5. The summed E-state index contributed by atoms with van der Waals surface area (Å²) in [6.45, 7) is 5.93. The molecule has 1 fully saturated rings. The summed E-state index contributed by atoms with van der Waals surface area (Å²) >= 11 is 0. The van der Waals surface area contributed by atoms with Crippen LogP contribution < -0.4 is 5.73 Å². The average Bonchev–Trinajstić information content (AvgIpc) is 2.18. The van der Waals surface area contributed by atoms with Crippen molar-refractivity contribution in [3.8, 4) is 0 Å². The number of hydrogen-bond acceptors (Lipinski definition) is 2. The minimum atomic E-state index is 0.259. The number of rotatable bonds is 2. The van der Waals surface area contributed by atoms with Crippen LogP contribution in [0.2, 0.25) is 0 Å². The van der Waals surface area contributed by atoms with Gasteiger partial charge in [0.25, 0.3) is 0 Å². The van der Waals surface area contributed by atoms with Gasteiger partial charge in [0.1, 0.15) is 0 Å². The predicted molar refractivity (Wildman–Crippen MR) is 56.8 cm³/mol. The highest BCUT2D eigenvalue weighted by Gasteiger charge is 2.40. The Morgan fingerprint density at radius 3 is 2.36 bits per heavy atom. The molecular formula is C12H17NO. The van der Waals surface area contributed by atoms with Crippen molar-refractivity contribution in [2.75, 3.05) is 6.61 Å². The Kier molecular flexibility index (Phi) is 2.33. The molecule has 2 nitrogen and oxygen atoms in total. The fraction of sp³-hybridized carbons (Fsp3) is 0.500. The molecule has 2 rings (SSSR count). The molecule has 1 aromatic rings. The van der Waals surface area contributed by atoms with Gasteiger partial charge in [-0.1, -0.05) is 38.1 Å². The van der Waals surface area contributed by atoms with Crippen LogP contribution in [-0.4, -0.2) is 6.61 Å². The Morgan fingerprint density at radius 1 is 1.36 bits per heavy atom. The Bertz CT molecular complexity index is 316. The molecule has 0 spiro atoms. The normalized spacial score (nSPS) is 24.4. The van der Waals surface area contributed by atoms with Gasteiger partial charge in [0.05, 0.1) is 12.7 Å². The first kappa shape index (κ1) is 9.69. The van der Waals surface area contributed by atoms with Crippen molar-refractivity contribution in [3.63, 3.8) is 0 Å². The molecule has 1 unspecified atom stereocenters. The summed E-state index contributed by atoms with van der Waals surface area (Å²) in [5.74, 6) is 0. The predicted octanol–water partition coefficient (Wildman–Crippen LogP) is 2.24. The molecule has 76 valence electrons. The highest BCUT2D eigenvalue weighted by Crippen LogP contribution is 2.45. The average molecular weight is 191 g/mol. The molecule has 1 atom stereocenters. The van der Waals surface area contributed by atoms with E-state index in [2.05, 4.69) is 38.1 Å². The highest BCUT2D eigenvalue weighted by molar-refractivity contribution is 5.26. The standard InChI is InChI=1S/C12H17NO/c1-12(2)8-14-11(12)10-5-3-9(7-13)4-6-10/h3-6,11H,7-8,13H2,1-2H3. The first-order valence-electron chi connectivity index (χ1n) is 5.04. The van der Waals surface area contributed by atoms with Crippen LogP contribution >= 0.6 is 0 Å². The lowest BCUT2D eigenvalue weighted by atomic mass is 9.79. The van der Waals surface area contributed by atoms with E-state index in [9.17, 15) is 0 Å². The van der Waals surface area contributed by atoms with Gasteiger partial charge in [-0.3, -0.25) is 0 Å². The van der Waals surface area contributed by atoms with Gasteiger partial charge in [0.15, 0.2) is 0 Å². The molecule has 0 amide bonds. The zero-order chi connectivity index (χ0) is 10.2. The molecule has 0 bridgehead atoms. The Balaban J connectivity index is 2.17. The molecular weight excluding hydrogens is 174 g/mol. The first-order valence-corrected chi connectivity index (χ1v) is 5.04. The molecule has 0 aliphatic carbocycles. The molecule has 1 aliphatic rings. The van der Waals surface area contributed by atoms with Crippen LogP contribution in [0.3, 0.4) is 0 Å². The largest absolute Gasteiger partial charge is 0.372 e. The molecule has 2 heteroatoms. The Morgan fingerprint density at radius 2 is 2.00 bits per heavy atom. The number of ether oxygens (including phenoxy) is 1. The minimum absolute atomic E-state index is 0.259. The summed E-state index contributed by atoms with van der Waals surface area (Å²) in [5.41, 5.74) is 8.26. The van der Waals surface area contributed by atoms with Crippen molar-refractivity contribution >= 4 is 0 Å². The third-order valence-electron chi connectivity index (χ3n) is 2.85. The van der Waals surface area contributed by atoms with E-state index in [0.717, 1.165) is 6.61 Å². The van der Waals surface area contributed by atoms with Crippen molar-refractivity contribution in [1.82, 2.24) is 0 Å². The monoisotopic (exact) mass is 191 g/mol. The molecule has 0 aromatic heterocycles. The lowest BCUT2D eigenvalue weighted by Crippen LogP contribution is -2.40. The van der Waals surface area contributed by atoms with Crippen molar-refractivity contribution in [3.05, 3.63) is 35.4 Å². The van der Waals surface area contributed by atoms with E-state index in [1.165, 1.54) is 11.1 Å². The lowest BCUT2D eigenvalue weighted by molar-refractivity contribution is -0.172. The van der Waals surface area contributed by atoms with Crippen LogP contribution in [0.5, 0.6) is 0 Å². The number of benzene rings is 1. The second-order valence-corrected chi connectivity index (χ2v) is 4.63. The topological polar surface area (TPSA) is 35.2 Å². The van der Waals surface area contributed by atoms with E-state index in [4.69, 9.17) is 10.5 Å². The van der Waals surface area contributed by atoms with E-state index >= 15 is 0 Å². The van der Waals surface area contributed by atoms with Crippen molar-refractivity contribution in [2.24, 2.45) is 11.1 Å². The van der Waals surface area contributed by atoms with Gasteiger partial charge in [0.2, 0.25) is 0 Å². The summed E-state index contributed by atoms with van der Waals surface area (Å²) in [6, 6.07) is 8.39. The molecule has 1 saturated heterocycles. The number of nitrogens with two attached hydrogens (primary N) is 1. The van der Waals surface area contributed by atoms with Crippen LogP contribution in [0.4, 0.5) is 0 Å². The van der Waals surface area contributed by atoms with Gasteiger partial charge in [-0.05, 0) is 11.1 Å². The van der Waals surface area contributed by atoms with E-state index in [-0.39, 0.29) is 11.5 Å². The summed E-state index contributed by atoms with van der Waals surface area (Å²) in [6.07, 6.45) is 0.259. The van der Waals surface area contributed by atoms with Gasteiger partial charge < -0.3 is 10.5 Å². The van der Waals surface area contributed by atoms with Gasteiger partial charge >= 0.3 is 0 Å². The van der Waals surface area contributed by atoms with Gasteiger partial charge in [-0.25, -0.2) is 0 Å². The smallest absolute Gasteiger partial charge is 0.0898 e. The van der Waals surface area contributed by atoms with Gasteiger partial charge in [-0.2, -0.15) is 0 Å². The van der Waals surface area contributed by atoms with Crippen LogP contribution in [0.25, 0.3) is 0 Å². The van der Waals surface area contributed by atoms with Crippen LogP contribution in [0.15, 0.2) is 24.3 Å². The zero-order valence-electron chi connectivity index (χ0n) is 8.79. The summed E-state index contributed by atoms with van der Waals surface area (Å²) in [7, 11) is 0. The molecule has 14 heavy (non-hydrogen) atoms. The summed E-state index contributed by atoms with van der Waals surface area (Å²) in [5, 5.41) is 0. The van der Waals surface area contributed by atoms with E-state index in [0.29, 0.717) is 6.54 Å². The van der Waals surface area contributed by atoms with Crippen LogP contribution in [0, 0.1) is 5.41 Å². The minimum Gasteiger partial charge on any atom is -0.372 e. The Hall–Kier alpha value is -0.860. The second-order valence-electron chi connectivity index (χ2n) is 4.63. The van der Waals surface area contributed by atoms with E-state index < -0.39 is 0 Å². The summed E-state index contributed by atoms with van der Waals surface area (Å²) < 4.78 is 5.57. The lowest BCUT2D eigenvalue weighted by Gasteiger charge is -2.44. The second kappa shape index (κ2) is 3.37. The maximum atomic E-state index is 5.57. The molecule has 2 N–H and O–H groups in total. The molecule has 1 aromatic carbocycles. The molecule has 1 heterocycles. The molecule has 0 radical (unpaired) electrons. The zero-order valence-corrected chi connectivity index (χ0v) is 8.79. The fourth-order valence-corrected chi connectivity index (χ4v) is 1.88. The van der Waals surface area contributed by atoms with Crippen molar-refractivity contribution < 1.29 is 4.74 Å². The SMILES string of the molecule is CC1(C)COC1c1ccc(CN)cc1. The Labute approximate surface area is 85.1 Å². The first-order chi connectivity index (χ1) is 6.63. The summed E-state index contributed by atoms with van der Waals surface area (Å²) in [4.78, 5) is 0. The quantitative estimate of drug-likeness (QED) is 0.778. The van der Waals surface area contributed by atoms with Gasteiger partial charge in [0, 0.05) is 12.0 Å². The third-order valence-corrected chi connectivity index (χ3v) is 2.85. The van der Waals surface area contributed by atoms with E-state index in [1.807, 2.05) is 0 Å². The fourth-order valence-electron chi connectivity index (χ4n) is 1.88. The maximum absolute atomic E-state index is 5.57.